The van der Waals surface area contributed by atoms with Crippen LogP contribution >= 0.6 is 0 Å². The molecule has 1 aromatic rings. The van der Waals surface area contributed by atoms with Crippen LogP contribution in [0.1, 0.15) is 18.1 Å². The zero-order chi connectivity index (χ0) is 14.8. The van der Waals surface area contributed by atoms with Gasteiger partial charge in [-0.2, -0.15) is 13.2 Å². The van der Waals surface area contributed by atoms with E-state index < -0.39 is 29.6 Å². The van der Waals surface area contributed by atoms with Crippen molar-refractivity contribution in [2.75, 3.05) is 6.61 Å². The van der Waals surface area contributed by atoms with Crippen LogP contribution in [0, 0.1) is 6.92 Å². The molecule has 0 fully saturated rings. The maximum Gasteiger partial charge on any atom is 0.573 e. The van der Waals surface area contributed by atoms with Gasteiger partial charge in [-0.3, -0.25) is 0 Å². The molecule has 0 N–H and O–H groups in total. The minimum atomic E-state index is -5.09. The van der Waals surface area contributed by atoms with Crippen molar-refractivity contribution in [3.05, 3.63) is 23.3 Å². The van der Waals surface area contributed by atoms with E-state index in [0.717, 1.165) is 19.1 Å². The first-order valence-corrected chi connectivity index (χ1v) is 5.15. The number of benzene rings is 1. The average molecular weight is 288 g/mol. The highest BCUT2D eigenvalue weighted by Crippen LogP contribution is 2.45. The second kappa shape index (κ2) is 5.18. The van der Waals surface area contributed by atoms with Crippen molar-refractivity contribution in [2.45, 2.75) is 26.4 Å². The number of alkyl halides is 6. The first-order valence-electron chi connectivity index (χ1n) is 5.15. The van der Waals surface area contributed by atoms with Crippen molar-refractivity contribution in [1.29, 1.82) is 0 Å². The van der Waals surface area contributed by atoms with E-state index in [1.54, 1.807) is 0 Å². The summed E-state index contributed by atoms with van der Waals surface area (Å²) in [4.78, 5) is 0. The highest BCUT2D eigenvalue weighted by atomic mass is 19.4. The van der Waals surface area contributed by atoms with Gasteiger partial charge in [-0.1, -0.05) is 6.07 Å². The number of halogens is 6. The Labute approximate surface area is 104 Å². The summed E-state index contributed by atoms with van der Waals surface area (Å²) in [5, 5.41) is 0. The molecule has 0 aliphatic carbocycles. The van der Waals surface area contributed by atoms with Crippen LogP contribution in [0.2, 0.25) is 0 Å². The molecule has 2 nitrogen and oxygen atoms in total. The fraction of sp³-hybridized carbons (Fsp3) is 0.455. The van der Waals surface area contributed by atoms with E-state index in [1.807, 2.05) is 0 Å². The van der Waals surface area contributed by atoms with E-state index >= 15 is 0 Å². The Morgan fingerprint density at radius 2 is 1.63 bits per heavy atom. The van der Waals surface area contributed by atoms with Gasteiger partial charge in [0.15, 0.2) is 11.5 Å². The van der Waals surface area contributed by atoms with Crippen LogP contribution in [0.15, 0.2) is 12.1 Å². The molecule has 0 aliphatic heterocycles. The highest BCUT2D eigenvalue weighted by Gasteiger charge is 2.40. The third kappa shape index (κ3) is 3.93. The number of hydrogen-bond acceptors (Lipinski definition) is 2. The van der Waals surface area contributed by atoms with Gasteiger partial charge in [-0.25, -0.2) is 0 Å². The van der Waals surface area contributed by atoms with Crippen LogP contribution in [0.25, 0.3) is 0 Å². The molecule has 0 unspecified atom stereocenters. The summed E-state index contributed by atoms with van der Waals surface area (Å²) in [7, 11) is 0. The summed E-state index contributed by atoms with van der Waals surface area (Å²) in [6.45, 7) is 2.27. The van der Waals surface area contributed by atoms with Crippen LogP contribution in [0.5, 0.6) is 11.5 Å². The van der Waals surface area contributed by atoms with Crippen LogP contribution in [0.3, 0.4) is 0 Å². The summed E-state index contributed by atoms with van der Waals surface area (Å²) in [6, 6.07) is 1.69. The molecular formula is C11H10F6O2. The van der Waals surface area contributed by atoms with E-state index in [9.17, 15) is 26.3 Å². The van der Waals surface area contributed by atoms with Gasteiger partial charge in [0, 0.05) is 0 Å². The number of ether oxygens (including phenoxy) is 2. The monoisotopic (exact) mass is 288 g/mol. The summed E-state index contributed by atoms with van der Waals surface area (Å²) in [6.07, 6.45) is -9.93. The highest BCUT2D eigenvalue weighted by molar-refractivity contribution is 5.52. The molecule has 8 heteroatoms. The Balaban J connectivity index is 3.41. The minimum absolute atomic E-state index is 0.221. The van der Waals surface area contributed by atoms with E-state index in [4.69, 9.17) is 0 Å². The quantitative estimate of drug-likeness (QED) is 0.771. The zero-order valence-corrected chi connectivity index (χ0v) is 9.95. The maximum atomic E-state index is 12.8. The van der Waals surface area contributed by atoms with Crippen molar-refractivity contribution in [3.8, 4) is 11.5 Å². The van der Waals surface area contributed by atoms with E-state index in [-0.39, 0.29) is 12.2 Å². The SMILES string of the molecule is CCOc1c(OC(F)(F)F)ccc(C)c1C(F)(F)F. The second-order valence-corrected chi connectivity index (χ2v) is 3.56. The van der Waals surface area contributed by atoms with Crippen LogP contribution in [-0.2, 0) is 6.18 Å². The molecule has 0 saturated carbocycles. The molecule has 0 saturated heterocycles. The zero-order valence-electron chi connectivity index (χ0n) is 9.95. The van der Waals surface area contributed by atoms with E-state index in [1.165, 1.54) is 6.92 Å². The minimum Gasteiger partial charge on any atom is -0.489 e. The largest absolute Gasteiger partial charge is 0.573 e. The molecule has 0 bridgehead atoms. The predicted molar refractivity (Wildman–Crippen MR) is 54.0 cm³/mol. The Kier molecular flexibility index (Phi) is 4.21. The van der Waals surface area contributed by atoms with Gasteiger partial charge >= 0.3 is 12.5 Å². The first kappa shape index (κ1) is 15.5. The molecule has 108 valence electrons. The summed E-state index contributed by atoms with van der Waals surface area (Å²) >= 11 is 0. The third-order valence-electron chi connectivity index (χ3n) is 2.13. The number of rotatable bonds is 3. The summed E-state index contributed by atoms with van der Waals surface area (Å²) < 4.78 is 83.1. The van der Waals surface area contributed by atoms with E-state index in [2.05, 4.69) is 9.47 Å². The Bertz CT molecular complexity index is 450. The fourth-order valence-electron chi connectivity index (χ4n) is 1.51. The lowest BCUT2D eigenvalue weighted by Crippen LogP contribution is -2.19. The van der Waals surface area contributed by atoms with Gasteiger partial charge in [-0.15, -0.1) is 13.2 Å². The van der Waals surface area contributed by atoms with E-state index in [0.29, 0.717) is 0 Å². The van der Waals surface area contributed by atoms with Gasteiger partial charge in [0.05, 0.1) is 6.61 Å². The summed E-state index contributed by atoms with van der Waals surface area (Å²) in [5.74, 6) is -1.96. The van der Waals surface area contributed by atoms with Crippen LogP contribution in [-0.4, -0.2) is 13.0 Å². The lowest BCUT2D eigenvalue weighted by atomic mass is 10.1. The van der Waals surface area contributed by atoms with Crippen molar-refractivity contribution < 1.29 is 35.8 Å². The van der Waals surface area contributed by atoms with Crippen molar-refractivity contribution >= 4 is 0 Å². The topological polar surface area (TPSA) is 18.5 Å². The normalized spacial score (nSPS) is 12.4. The van der Waals surface area contributed by atoms with Crippen LogP contribution in [0.4, 0.5) is 26.3 Å². The molecule has 0 atom stereocenters. The lowest BCUT2D eigenvalue weighted by molar-refractivity contribution is -0.275. The first-order chi connectivity index (χ1) is 8.56. The van der Waals surface area contributed by atoms with Crippen molar-refractivity contribution in [2.24, 2.45) is 0 Å². The standard InChI is InChI=1S/C11H10F6O2/c1-3-18-9-7(19-11(15,16)17)5-4-6(2)8(9)10(12,13)14/h4-5H,3H2,1-2H3. The Morgan fingerprint density at radius 1 is 1.05 bits per heavy atom. The molecular weight excluding hydrogens is 278 g/mol. The Hall–Kier alpha value is -1.60. The maximum absolute atomic E-state index is 12.8. The molecule has 0 spiro atoms. The molecule has 0 amide bonds. The van der Waals surface area contributed by atoms with Gasteiger partial charge in [0.25, 0.3) is 0 Å². The second-order valence-electron chi connectivity index (χ2n) is 3.56. The average Bonchev–Trinajstić information content (AvgIpc) is 2.19. The molecule has 1 aromatic carbocycles. The molecule has 0 aliphatic rings. The number of aryl methyl sites for hydroxylation is 1. The van der Waals surface area contributed by atoms with Gasteiger partial charge < -0.3 is 9.47 Å². The molecule has 19 heavy (non-hydrogen) atoms. The van der Waals surface area contributed by atoms with Crippen LogP contribution < -0.4 is 9.47 Å². The van der Waals surface area contributed by atoms with Crippen molar-refractivity contribution in [3.63, 3.8) is 0 Å². The molecule has 0 aromatic heterocycles. The van der Waals surface area contributed by atoms with Gasteiger partial charge in [-0.05, 0) is 25.5 Å². The van der Waals surface area contributed by atoms with Gasteiger partial charge in [0.2, 0.25) is 0 Å². The lowest BCUT2D eigenvalue weighted by Gasteiger charge is -2.19. The number of hydrogen-bond donors (Lipinski definition) is 0. The molecule has 1 rings (SSSR count). The molecule has 0 radical (unpaired) electrons. The third-order valence-corrected chi connectivity index (χ3v) is 2.13. The summed E-state index contributed by atoms with van der Waals surface area (Å²) in [5.41, 5.74) is -1.51. The fourth-order valence-corrected chi connectivity index (χ4v) is 1.51. The van der Waals surface area contributed by atoms with Gasteiger partial charge in [0.1, 0.15) is 5.56 Å². The molecule has 0 heterocycles. The predicted octanol–water partition coefficient (Wildman–Crippen LogP) is 4.31. The smallest absolute Gasteiger partial charge is 0.489 e. The van der Waals surface area contributed by atoms with Crippen molar-refractivity contribution in [1.82, 2.24) is 0 Å². The Morgan fingerprint density at radius 3 is 2.05 bits per heavy atom.